The lowest BCUT2D eigenvalue weighted by molar-refractivity contribution is 0.0626. The molecule has 1 amide bonds. The van der Waals surface area contributed by atoms with E-state index in [1.807, 2.05) is 17.9 Å². The number of halogens is 1. The van der Waals surface area contributed by atoms with Crippen molar-refractivity contribution < 1.29 is 13.7 Å². The van der Waals surface area contributed by atoms with Crippen molar-refractivity contribution in [1.29, 1.82) is 0 Å². The van der Waals surface area contributed by atoms with E-state index in [1.165, 1.54) is 6.07 Å². The second kappa shape index (κ2) is 7.13. The fourth-order valence-electron chi connectivity index (χ4n) is 3.09. The molecular weight excluding hydrogens is 309 g/mol. The molecule has 0 atom stereocenters. The molecule has 2 aromatic rings. The van der Waals surface area contributed by atoms with E-state index in [-0.39, 0.29) is 11.7 Å². The average molecular weight is 331 g/mol. The molecule has 0 unspecified atom stereocenters. The Hall–Kier alpha value is -2.21. The zero-order valence-corrected chi connectivity index (χ0v) is 14.1. The molecule has 0 radical (unpaired) electrons. The second-order valence-corrected chi connectivity index (χ2v) is 6.11. The zero-order valence-electron chi connectivity index (χ0n) is 14.1. The van der Waals surface area contributed by atoms with Gasteiger partial charge in [-0.3, -0.25) is 9.69 Å². The molecule has 1 aliphatic heterocycles. The summed E-state index contributed by atoms with van der Waals surface area (Å²) in [6.45, 7) is 7.29. The molecule has 24 heavy (non-hydrogen) atoms. The maximum Gasteiger partial charge on any atom is 0.259 e. The predicted molar refractivity (Wildman–Crippen MR) is 88.2 cm³/mol. The van der Waals surface area contributed by atoms with Crippen LogP contribution in [0.15, 0.2) is 28.8 Å². The Labute approximate surface area is 141 Å². The highest BCUT2D eigenvalue weighted by atomic mass is 19.1. The van der Waals surface area contributed by atoms with Crippen LogP contribution in [0.5, 0.6) is 0 Å². The SMILES string of the molecule is CCc1noc(C)c1C(=O)N1CCN(Cc2cccc(F)c2)CC1. The van der Waals surface area contributed by atoms with E-state index in [9.17, 15) is 9.18 Å². The van der Waals surface area contributed by atoms with Gasteiger partial charge in [0.2, 0.25) is 0 Å². The molecule has 1 aromatic heterocycles. The van der Waals surface area contributed by atoms with Crippen LogP contribution in [-0.4, -0.2) is 47.0 Å². The average Bonchev–Trinajstić information content (AvgIpc) is 2.96. The number of piperazine rings is 1. The molecule has 1 aliphatic rings. The monoisotopic (exact) mass is 331 g/mol. The van der Waals surface area contributed by atoms with Crippen LogP contribution < -0.4 is 0 Å². The molecular formula is C18H22FN3O2. The summed E-state index contributed by atoms with van der Waals surface area (Å²) in [4.78, 5) is 16.8. The standard InChI is InChI=1S/C18H22FN3O2/c1-3-16-17(13(2)24-20-16)18(23)22-9-7-21(8-10-22)12-14-5-4-6-15(19)11-14/h4-6,11H,3,7-10,12H2,1-2H3. The molecule has 1 aromatic carbocycles. The van der Waals surface area contributed by atoms with Crippen LogP contribution in [0.3, 0.4) is 0 Å². The van der Waals surface area contributed by atoms with Crippen LogP contribution in [0.4, 0.5) is 4.39 Å². The van der Waals surface area contributed by atoms with Gasteiger partial charge in [-0.2, -0.15) is 0 Å². The fraction of sp³-hybridized carbons (Fsp3) is 0.444. The summed E-state index contributed by atoms with van der Waals surface area (Å²) in [5.74, 6) is 0.367. The van der Waals surface area contributed by atoms with Gasteiger partial charge in [-0.15, -0.1) is 0 Å². The van der Waals surface area contributed by atoms with E-state index >= 15 is 0 Å². The van der Waals surface area contributed by atoms with Gasteiger partial charge in [-0.25, -0.2) is 4.39 Å². The van der Waals surface area contributed by atoms with Gasteiger partial charge < -0.3 is 9.42 Å². The Kier molecular flexibility index (Phi) is 4.94. The Morgan fingerprint density at radius 2 is 2.04 bits per heavy atom. The number of carbonyl (C=O) groups is 1. The molecule has 1 fully saturated rings. The van der Waals surface area contributed by atoms with Crippen molar-refractivity contribution in [2.75, 3.05) is 26.2 Å². The molecule has 0 spiro atoms. The van der Waals surface area contributed by atoms with Crippen molar-refractivity contribution in [2.45, 2.75) is 26.8 Å². The van der Waals surface area contributed by atoms with Crippen molar-refractivity contribution in [2.24, 2.45) is 0 Å². The number of rotatable bonds is 4. The predicted octanol–water partition coefficient (Wildman–Crippen LogP) is 2.64. The van der Waals surface area contributed by atoms with Gasteiger partial charge in [0.05, 0.1) is 5.69 Å². The molecule has 0 N–H and O–H groups in total. The number of aryl methyl sites for hydroxylation is 2. The third-order valence-electron chi connectivity index (χ3n) is 4.44. The largest absolute Gasteiger partial charge is 0.361 e. The molecule has 1 saturated heterocycles. The van der Waals surface area contributed by atoms with Gasteiger partial charge in [0.15, 0.2) is 0 Å². The van der Waals surface area contributed by atoms with Crippen LogP contribution in [0.1, 0.15) is 34.3 Å². The first-order valence-corrected chi connectivity index (χ1v) is 8.29. The van der Waals surface area contributed by atoms with Gasteiger partial charge in [-0.05, 0) is 31.0 Å². The first-order valence-electron chi connectivity index (χ1n) is 8.29. The highest BCUT2D eigenvalue weighted by Crippen LogP contribution is 2.18. The molecule has 6 heteroatoms. The Morgan fingerprint density at radius 1 is 1.29 bits per heavy atom. The van der Waals surface area contributed by atoms with E-state index in [0.717, 1.165) is 24.3 Å². The van der Waals surface area contributed by atoms with Crippen LogP contribution in [-0.2, 0) is 13.0 Å². The van der Waals surface area contributed by atoms with Crippen LogP contribution in [0.2, 0.25) is 0 Å². The number of hydrogen-bond donors (Lipinski definition) is 0. The topological polar surface area (TPSA) is 49.6 Å². The molecule has 2 heterocycles. The van der Waals surface area contributed by atoms with Crippen molar-refractivity contribution >= 4 is 5.91 Å². The number of nitrogens with zero attached hydrogens (tertiary/aromatic N) is 3. The highest BCUT2D eigenvalue weighted by Gasteiger charge is 2.27. The Bertz CT molecular complexity index is 721. The van der Waals surface area contributed by atoms with Gasteiger partial charge in [0.1, 0.15) is 17.1 Å². The van der Waals surface area contributed by atoms with Crippen LogP contribution in [0.25, 0.3) is 0 Å². The molecule has 5 nitrogen and oxygen atoms in total. The minimum absolute atomic E-state index is 0.00370. The zero-order chi connectivity index (χ0) is 17.1. The van der Waals surface area contributed by atoms with E-state index in [4.69, 9.17) is 4.52 Å². The third-order valence-corrected chi connectivity index (χ3v) is 4.44. The van der Waals surface area contributed by atoms with Crippen LogP contribution >= 0.6 is 0 Å². The number of hydrogen-bond acceptors (Lipinski definition) is 4. The first-order chi connectivity index (χ1) is 11.6. The number of aromatic nitrogens is 1. The third kappa shape index (κ3) is 3.48. The molecule has 3 rings (SSSR count). The lowest BCUT2D eigenvalue weighted by atomic mass is 10.1. The Balaban J connectivity index is 1.60. The van der Waals surface area contributed by atoms with Gasteiger partial charge in [0, 0.05) is 32.7 Å². The molecule has 0 aliphatic carbocycles. The summed E-state index contributed by atoms with van der Waals surface area (Å²) in [6, 6.07) is 6.66. The molecule has 128 valence electrons. The molecule has 0 saturated carbocycles. The number of carbonyl (C=O) groups excluding carboxylic acids is 1. The number of amides is 1. The smallest absolute Gasteiger partial charge is 0.259 e. The normalized spacial score (nSPS) is 15.7. The van der Waals surface area contributed by atoms with Crippen molar-refractivity contribution in [1.82, 2.24) is 15.0 Å². The maximum atomic E-state index is 13.3. The van der Waals surface area contributed by atoms with Crippen molar-refractivity contribution in [3.05, 3.63) is 52.7 Å². The summed E-state index contributed by atoms with van der Waals surface area (Å²) in [6.07, 6.45) is 0.679. The van der Waals surface area contributed by atoms with Crippen molar-refractivity contribution in [3.63, 3.8) is 0 Å². The number of benzene rings is 1. The van der Waals surface area contributed by atoms with E-state index in [0.29, 0.717) is 37.4 Å². The van der Waals surface area contributed by atoms with Gasteiger partial charge >= 0.3 is 0 Å². The van der Waals surface area contributed by atoms with E-state index in [2.05, 4.69) is 10.1 Å². The second-order valence-electron chi connectivity index (χ2n) is 6.11. The maximum absolute atomic E-state index is 13.3. The summed E-state index contributed by atoms with van der Waals surface area (Å²) in [5.41, 5.74) is 2.29. The highest BCUT2D eigenvalue weighted by molar-refractivity contribution is 5.96. The summed E-state index contributed by atoms with van der Waals surface area (Å²) >= 11 is 0. The van der Waals surface area contributed by atoms with E-state index < -0.39 is 0 Å². The quantitative estimate of drug-likeness (QED) is 0.864. The van der Waals surface area contributed by atoms with Gasteiger partial charge in [0.25, 0.3) is 5.91 Å². The van der Waals surface area contributed by atoms with Gasteiger partial charge in [-0.1, -0.05) is 24.2 Å². The van der Waals surface area contributed by atoms with Crippen LogP contribution in [0, 0.1) is 12.7 Å². The first kappa shape index (κ1) is 16.6. The summed E-state index contributed by atoms with van der Waals surface area (Å²) in [5, 5.41) is 3.96. The fourth-order valence-corrected chi connectivity index (χ4v) is 3.09. The summed E-state index contributed by atoms with van der Waals surface area (Å²) < 4.78 is 18.4. The molecule has 0 bridgehead atoms. The minimum Gasteiger partial charge on any atom is -0.361 e. The van der Waals surface area contributed by atoms with Crippen molar-refractivity contribution in [3.8, 4) is 0 Å². The lowest BCUT2D eigenvalue weighted by Gasteiger charge is -2.34. The lowest BCUT2D eigenvalue weighted by Crippen LogP contribution is -2.48. The minimum atomic E-state index is -0.212. The summed E-state index contributed by atoms with van der Waals surface area (Å²) in [7, 11) is 0. The Morgan fingerprint density at radius 3 is 2.71 bits per heavy atom. The van der Waals surface area contributed by atoms with E-state index in [1.54, 1.807) is 19.1 Å².